The zero-order valence-corrected chi connectivity index (χ0v) is 19.4. The molecule has 4 rings (SSSR count). The van der Waals surface area contributed by atoms with Crippen molar-refractivity contribution >= 4 is 34.8 Å². The summed E-state index contributed by atoms with van der Waals surface area (Å²) in [5, 5.41) is 3.42. The molecule has 0 aliphatic carbocycles. The van der Waals surface area contributed by atoms with Crippen LogP contribution in [0.3, 0.4) is 0 Å². The van der Waals surface area contributed by atoms with Gasteiger partial charge in [-0.25, -0.2) is 0 Å². The van der Waals surface area contributed by atoms with Gasteiger partial charge in [0.25, 0.3) is 11.8 Å². The lowest BCUT2D eigenvalue weighted by Gasteiger charge is -2.36. The predicted molar refractivity (Wildman–Crippen MR) is 132 cm³/mol. The third-order valence-electron chi connectivity index (χ3n) is 5.84. The van der Waals surface area contributed by atoms with Crippen molar-refractivity contribution < 1.29 is 14.3 Å². The largest absolute Gasteiger partial charge is 0.496 e. The van der Waals surface area contributed by atoms with Crippen LogP contribution < -0.4 is 15.0 Å². The fourth-order valence-corrected chi connectivity index (χ4v) is 4.31. The van der Waals surface area contributed by atoms with Crippen LogP contribution >= 0.6 is 11.6 Å². The summed E-state index contributed by atoms with van der Waals surface area (Å²) in [6.45, 7) is 4.57. The number of benzene rings is 3. The highest BCUT2D eigenvalue weighted by Gasteiger charge is 2.24. The van der Waals surface area contributed by atoms with Crippen LogP contribution in [0.4, 0.5) is 11.4 Å². The number of rotatable bonds is 5. The summed E-state index contributed by atoms with van der Waals surface area (Å²) in [5.74, 6) is 0.309. The molecule has 3 aromatic rings. The molecule has 1 saturated heterocycles. The molecule has 33 heavy (non-hydrogen) atoms. The average Bonchev–Trinajstić information content (AvgIpc) is 2.84. The molecule has 1 heterocycles. The molecule has 0 bridgehead atoms. The SMILES string of the molecule is COc1ccccc1C(=O)Nc1ccc(N2CCN(C(=O)c3ccccc3C)CC2)c(Cl)c1. The lowest BCUT2D eigenvalue weighted by Crippen LogP contribution is -2.49. The fourth-order valence-electron chi connectivity index (χ4n) is 4.01. The van der Waals surface area contributed by atoms with Crippen molar-refractivity contribution in [1.82, 2.24) is 4.90 Å². The van der Waals surface area contributed by atoms with E-state index >= 15 is 0 Å². The molecule has 3 aromatic carbocycles. The average molecular weight is 464 g/mol. The molecule has 0 spiro atoms. The maximum Gasteiger partial charge on any atom is 0.259 e. The summed E-state index contributed by atoms with van der Waals surface area (Å²) in [7, 11) is 1.53. The third kappa shape index (κ3) is 4.96. The number of methoxy groups -OCH3 is 1. The highest BCUT2D eigenvalue weighted by molar-refractivity contribution is 6.33. The van der Waals surface area contributed by atoms with E-state index in [9.17, 15) is 9.59 Å². The van der Waals surface area contributed by atoms with Gasteiger partial charge in [0.15, 0.2) is 0 Å². The molecule has 0 unspecified atom stereocenters. The molecule has 1 aliphatic heterocycles. The number of amides is 2. The Labute approximate surface area is 198 Å². The topological polar surface area (TPSA) is 61.9 Å². The van der Waals surface area contributed by atoms with Crippen LogP contribution in [0.1, 0.15) is 26.3 Å². The number of nitrogens with one attached hydrogen (secondary N) is 1. The molecule has 0 atom stereocenters. The maximum atomic E-state index is 12.9. The van der Waals surface area contributed by atoms with Crippen LogP contribution in [-0.4, -0.2) is 50.0 Å². The van der Waals surface area contributed by atoms with Gasteiger partial charge in [0, 0.05) is 37.4 Å². The minimum atomic E-state index is -0.264. The van der Waals surface area contributed by atoms with Gasteiger partial charge < -0.3 is 19.9 Å². The second kappa shape index (κ2) is 9.96. The molecule has 7 heteroatoms. The van der Waals surface area contributed by atoms with Gasteiger partial charge in [0.2, 0.25) is 0 Å². The van der Waals surface area contributed by atoms with Crippen LogP contribution in [0.15, 0.2) is 66.7 Å². The normalized spacial score (nSPS) is 13.5. The van der Waals surface area contributed by atoms with Crippen molar-refractivity contribution in [1.29, 1.82) is 0 Å². The van der Waals surface area contributed by atoms with Crippen molar-refractivity contribution in [3.8, 4) is 5.75 Å². The zero-order valence-electron chi connectivity index (χ0n) is 18.7. The first-order chi connectivity index (χ1) is 16.0. The standard InChI is InChI=1S/C26H26ClN3O3/c1-18-7-3-4-8-20(18)26(32)30-15-13-29(14-16-30)23-12-11-19(17-22(23)27)28-25(31)21-9-5-6-10-24(21)33-2/h3-12,17H,13-16H2,1-2H3,(H,28,31). The van der Waals surface area contributed by atoms with Crippen LogP contribution in [0.5, 0.6) is 5.75 Å². The number of carbonyl (C=O) groups is 2. The second-order valence-corrected chi connectivity index (χ2v) is 8.32. The summed E-state index contributed by atoms with van der Waals surface area (Å²) in [6.07, 6.45) is 0. The van der Waals surface area contributed by atoms with Crippen molar-refractivity contribution in [2.45, 2.75) is 6.92 Å². The Hall–Kier alpha value is -3.51. The number of piperazine rings is 1. The van der Waals surface area contributed by atoms with Gasteiger partial charge in [-0.05, 0) is 48.9 Å². The van der Waals surface area contributed by atoms with E-state index in [-0.39, 0.29) is 11.8 Å². The number of para-hydroxylation sites is 1. The summed E-state index contributed by atoms with van der Waals surface area (Å²) in [6, 6.07) is 20.2. The Morgan fingerprint density at radius 1 is 0.909 bits per heavy atom. The molecule has 0 saturated carbocycles. The molecule has 2 amide bonds. The van der Waals surface area contributed by atoms with E-state index in [1.807, 2.05) is 54.3 Å². The van der Waals surface area contributed by atoms with Gasteiger partial charge >= 0.3 is 0 Å². The number of hydrogen-bond donors (Lipinski definition) is 1. The van der Waals surface area contributed by atoms with Gasteiger partial charge in [-0.1, -0.05) is 41.9 Å². The number of ether oxygens (including phenoxy) is 1. The number of anilines is 2. The Morgan fingerprint density at radius 3 is 2.24 bits per heavy atom. The van der Waals surface area contributed by atoms with Crippen LogP contribution in [-0.2, 0) is 0 Å². The Bertz CT molecular complexity index is 1170. The van der Waals surface area contributed by atoms with E-state index < -0.39 is 0 Å². The number of carbonyl (C=O) groups excluding carboxylic acids is 2. The first-order valence-corrected chi connectivity index (χ1v) is 11.2. The second-order valence-electron chi connectivity index (χ2n) is 7.91. The Morgan fingerprint density at radius 2 is 1.58 bits per heavy atom. The van der Waals surface area contributed by atoms with E-state index in [0.717, 1.165) is 16.8 Å². The van der Waals surface area contributed by atoms with Crippen LogP contribution in [0.2, 0.25) is 5.02 Å². The lowest BCUT2D eigenvalue weighted by atomic mass is 10.1. The molecule has 1 aliphatic rings. The summed E-state index contributed by atoms with van der Waals surface area (Å²) in [4.78, 5) is 29.6. The Balaban J connectivity index is 1.40. The maximum absolute atomic E-state index is 12.9. The van der Waals surface area contributed by atoms with Gasteiger partial charge in [-0.3, -0.25) is 9.59 Å². The molecular formula is C26H26ClN3O3. The van der Waals surface area contributed by atoms with Crippen molar-refractivity contribution in [2.24, 2.45) is 0 Å². The highest BCUT2D eigenvalue weighted by atomic mass is 35.5. The Kier molecular flexibility index (Phi) is 6.84. The first-order valence-electron chi connectivity index (χ1n) is 10.8. The fraction of sp³-hybridized carbons (Fsp3) is 0.231. The van der Waals surface area contributed by atoms with E-state index in [1.54, 1.807) is 24.3 Å². The smallest absolute Gasteiger partial charge is 0.259 e. The summed E-state index contributed by atoms with van der Waals surface area (Å²) in [5.41, 5.74) is 3.68. The van der Waals surface area contributed by atoms with Crippen LogP contribution in [0.25, 0.3) is 0 Å². The molecular weight excluding hydrogens is 438 g/mol. The molecule has 6 nitrogen and oxygen atoms in total. The quantitative estimate of drug-likeness (QED) is 0.586. The number of hydrogen-bond acceptors (Lipinski definition) is 4. The molecule has 170 valence electrons. The lowest BCUT2D eigenvalue weighted by molar-refractivity contribution is 0.0746. The van der Waals surface area contributed by atoms with E-state index in [1.165, 1.54) is 7.11 Å². The monoisotopic (exact) mass is 463 g/mol. The predicted octanol–water partition coefficient (Wildman–Crippen LogP) is 4.87. The summed E-state index contributed by atoms with van der Waals surface area (Å²) >= 11 is 6.57. The molecule has 0 radical (unpaired) electrons. The molecule has 1 N–H and O–H groups in total. The van der Waals surface area contributed by atoms with E-state index in [2.05, 4.69) is 10.2 Å². The first kappa shape index (κ1) is 22.7. The highest BCUT2D eigenvalue weighted by Crippen LogP contribution is 2.30. The summed E-state index contributed by atoms with van der Waals surface area (Å²) < 4.78 is 5.26. The number of aryl methyl sites for hydroxylation is 1. The van der Waals surface area contributed by atoms with Gasteiger partial charge in [0.05, 0.1) is 23.4 Å². The molecule has 0 aromatic heterocycles. The minimum absolute atomic E-state index is 0.0632. The molecule has 1 fully saturated rings. The van der Waals surface area contributed by atoms with Crippen molar-refractivity contribution in [2.75, 3.05) is 43.5 Å². The van der Waals surface area contributed by atoms with Crippen LogP contribution in [0, 0.1) is 6.92 Å². The van der Waals surface area contributed by atoms with Gasteiger partial charge in [-0.15, -0.1) is 0 Å². The van der Waals surface area contributed by atoms with Crippen molar-refractivity contribution in [3.63, 3.8) is 0 Å². The van der Waals surface area contributed by atoms with E-state index in [4.69, 9.17) is 16.3 Å². The number of halogens is 1. The minimum Gasteiger partial charge on any atom is -0.496 e. The van der Waals surface area contributed by atoms with E-state index in [0.29, 0.717) is 48.2 Å². The number of nitrogens with zero attached hydrogens (tertiary/aromatic N) is 2. The van der Waals surface area contributed by atoms with Gasteiger partial charge in [0.1, 0.15) is 5.75 Å². The zero-order chi connectivity index (χ0) is 23.4. The third-order valence-corrected chi connectivity index (χ3v) is 6.14. The van der Waals surface area contributed by atoms with Gasteiger partial charge in [-0.2, -0.15) is 0 Å². The van der Waals surface area contributed by atoms with Crippen molar-refractivity contribution in [3.05, 3.63) is 88.4 Å².